The van der Waals surface area contributed by atoms with Crippen LogP contribution < -0.4 is 4.18 Å². The van der Waals surface area contributed by atoms with Crippen molar-refractivity contribution in [1.29, 1.82) is 0 Å². The summed E-state index contributed by atoms with van der Waals surface area (Å²) in [5.74, 6) is -0.747. The van der Waals surface area contributed by atoms with Crippen molar-refractivity contribution in [3.05, 3.63) is 75.7 Å². The number of methoxy groups -OCH3 is 1. The van der Waals surface area contributed by atoms with E-state index in [9.17, 15) is 23.3 Å². The lowest BCUT2D eigenvalue weighted by atomic mass is 10.1. The number of carbonyl (C=O) groups is 1. The number of hydrogen-bond donors (Lipinski definition) is 0. The molecule has 10 heteroatoms. The van der Waals surface area contributed by atoms with Crippen LogP contribution in [-0.2, 0) is 14.9 Å². The zero-order valence-corrected chi connectivity index (χ0v) is 16.0. The molecule has 0 aliphatic carbocycles. The van der Waals surface area contributed by atoms with Gasteiger partial charge in [0.1, 0.15) is 4.90 Å². The highest BCUT2D eigenvalue weighted by Gasteiger charge is 2.22. The maximum absolute atomic E-state index is 12.7. The maximum atomic E-state index is 12.7. The van der Waals surface area contributed by atoms with Crippen LogP contribution in [0.3, 0.4) is 0 Å². The second-order valence-corrected chi connectivity index (χ2v) is 7.97. The van der Waals surface area contributed by atoms with Gasteiger partial charge in [0, 0.05) is 22.6 Å². The number of ether oxygens (including phenoxy) is 1. The first-order chi connectivity index (χ1) is 13.3. The fraction of sp³-hybridized carbons (Fsp3) is 0.0556. The van der Waals surface area contributed by atoms with Crippen LogP contribution in [0.2, 0.25) is 0 Å². The van der Waals surface area contributed by atoms with Crippen LogP contribution in [0.25, 0.3) is 10.4 Å². The molecule has 0 aliphatic rings. The number of rotatable bonds is 6. The van der Waals surface area contributed by atoms with Crippen molar-refractivity contribution in [1.82, 2.24) is 0 Å². The van der Waals surface area contributed by atoms with E-state index >= 15 is 0 Å². The third-order valence-electron chi connectivity index (χ3n) is 3.70. The molecule has 0 N–H and O–H groups in total. The summed E-state index contributed by atoms with van der Waals surface area (Å²) in [5.41, 5.74) is 0.132. The van der Waals surface area contributed by atoms with Crippen molar-refractivity contribution in [2.75, 3.05) is 7.11 Å². The number of thiophene rings is 1. The van der Waals surface area contributed by atoms with Crippen LogP contribution in [0.4, 0.5) is 5.69 Å². The molecule has 0 radical (unpaired) electrons. The highest BCUT2D eigenvalue weighted by atomic mass is 32.2. The van der Waals surface area contributed by atoms with Gasteiger partial charge < -0.3 is 8.92 Å². The van der Waals surface area contributed by atoms with E-state index in [2.05, 4.69) is 4.74 Å². The van der Waals surface area contributed by atoms with Gasteiger partial charge in [-0.1, -0.05) is 12.1 Å². The Bertz CT molecular complexity index is 1140. The Hall–Kier alpha value is -3.24. The van der Waals surface area contributed by atoms with Gasteiger partial charge in [-0.25, -0.2) is 4.79 Å². The Balaban J connectivity index is 2.03. The number of nitro benzene ring substituents is 1. The SMILES string of the molecule is COC(=O)c1cccc(S(=O)(=O)Oc2ccc([N+](=O)[O-])cc2-c2cccs2)c1. The molecule has 28 heavy (non-hydrogen) atoms. The summed E-state index contributed by atoms with van der Waals surface area (Å²) < 4.78 is 35.2. The largest absolute Gasteiger partial charge is 0.465 e. The maximum Gasteiger partial charge on any atom is 0.339 e. The number of nitrogens with zero attached hydrogens (tertiary/aromatic N) is 1. The van der Waals surface area contributed by atoms with Crippen molar-refractivity contribution >= 4 is 33.1 Å². The van der Waals surface area contributed by atoms with Gasteiger partial charge in [0.25, 0.3) is 5.69 Å². The second-order valence-electron chi connectivity index (χ2n) is 5.47. The van der Waals surface area contributed by atoms with E-state index in [0.717, 1.165) is 12.1 Å². The molecule has 3 aromatic rings. The van der Waals surface area contributed by atoms with Gasteiger partial charge >= 0.3 is 16.1 Å². The highest BCUT2D eigenvalue weighted by Crippen LogP contribution is 2.37. The zero-order chi connectivity index (χ0) is 20.3. The van der Waals surface area contributed by atoms with E-state index in [1.807, 2.05) is 0 Å². The Morgan fingerprint density at radius 1 is 1.11 bits per heavy atom. The van der Waals surface area contributed by atoms with E-state index in [-0.39, 0.29) is 27.5 Å². The van der Waals surface area contributed by atoms with Crippen LogP contribution in [0, 0.1) is 10.1 Å². The number of hydrogen-bond acceptors (Lipinski definition) is 8. The fourth-order valence-corrected chi connectivity index (χ4v) is 4.13. The van der Waals surface area contributed by atoms with Gasteiger partial charge in [0.15, 0.2) is 5.75 Å². The van der Waals surface area contributed by atoms with Crippen molar-refractivity contribution in [3.63, 3.8) is 0 Å². The molecule has 0 saturated carbocycles. The molecule has 0 spiro atoms. The minimum atomic E-state index is -4.30. The van der Waals surface area contributed by atoms with Gasteiger partial charge in [-0.2, -0.15) is 8.42 Å². The summed E-state index contributed by atoms with van der Waals surface area (Å²) in [4.78, 5) is 22.5. The van der Waals surface area contributed by atoms with Crippen molar-refractivity contribution in [3.8, 4) is 16.2 Å². The lowest BCUT2D eigenvalue weighted by molar-refractivity contribution is -0.384. The van der Waals surface area contributed by atoms with Crippen LogP contribution in [-0.4, -0.2) is 26.4 Å². The molecule has 0 fully saturated rings. The molecule has 1 aromatic heterocycles. The molecule has 0 saturated heterocycles. The van der Waals surface area contributed by atoms with Gasteiger partial charge in [0.05, 0.1) is 17.6 Å². The lowest BCUT2D eigenvalue weighted by Crippen LogP contribution is -2.12. The van der Waals surface area contributed by atoms with Gasteiger partial charge in [0.2, 0.25) is 0 Å². The molecule has 0 aliphatic heterocycles. The first-order valence-electron chi connectivity index (χ1n) is 7.77. The van der Waals surface area contributed by atoms with E-state index < -0.39 is 21.0 Å². The van der Waals surface area contributed by atoms with Crippen LogP contribution in [0.1, 0.15) is 10.4 Å². The minimum Gasteiger partial charge on any atom is -0.465 e. The summed E-state index contributed by atoms with van der Waals surface area (Å²) in [7, 11) is -3.11. The van der Waals surface area contributed by atoms with Gasteiger partial charge in [-0.15, -0.1) is 11.3 Å². The number of benzene rings is 2. The number of esters is 1. The number of nitro groups is 1. The third kappa shape index (κ3) is 4.02. The molecule has 2 aromatic carbocycles. The Morgan fingerprint density at radius 3 is 2.54 bits per heavy atom. The molecule has 8 nitrogen and oxygen atoms in total. The van der Waals surface area contributed by atoms with Gasteiger partial charge in [-0.3, -0.25) is 10.1 Å². The molecule has 0 unspecified atom stereocenters. The van der Waals surface area contributed by atoms with E-state index in [1.165, 1.54) is 48.8 Å². The quantitative estimate of drug-likeness (QED) is 0.258. The molecule has 0 bridgehead atoms. The van der Waals surface area contributed by atoms with Crippen molar-refractivity contribution in [2.24, 2.45) is 0 Å². The predicted molar refractivity (Wildman–Crippen MR) is 102 cm³/mol. The average molecular weight is 419 g/mol. The number of non-ortho nitro benzene ring substituents is 1. The van der Waals surface area contributed by atoms with Crippen LogP contribution in [0.5, 0.6) is 5.75 Å². The minimum absolute atomic E-state index is 0.0503. The predicted octanol–water partition coefficient (Wildman–Crippen LogP) is 3.88. The first kappa shape index (κ1) is 19.5. The Labute approximate surface area is 164 Å². The molecule has 1 heterocycles. The molecule has 144 valence electrons. The summed E-state index contributed by atoms with van der Waals surface area (Å²) in [6, 6.07) is 12.3. The highest BCUT2D eigenvalue weighted by molar-refractivity contribution is 7.87. The number of carbonyl (C=O) groups excluding carboxylic acids is 1. The normalized spacial score (nSPS) is 11.0. The zero-order valence-electron chi connectivity index (χ0n) is 14.4. The standard InChI is InChI=1S/C18H13NO7S2/c1-25-18(20)12-4-2-5-14(10-12)28(23,24)26-16-8-7-13(19(21)22)11-15(16)17-6-3-9-27-17/h2-11H,1H3. The Kier molecular flexibility index (Phi) is 5.43. The van der Waals surface area contributed by atoms with Crippen molar-refractivity contribution < 1.29 is 27.1 Å². The molecule has 3 rings (SSSR count). The average Bonchev–Trinajstić information content (AvgIpc) is 3.22. The van der Waals surface area contributed by atoms with Crippen LogP contribution in [0.15, 0.2) is 64.9 Å². The van der Waals surface area contributed by atoms with Crippen LogP contribution >= 0.6 is 11.3 Å². The smallest absolute Gasteiger partial charge is 0.339 e. The van der Waals surface area contributed by atoms with Gasteiger partial charge in [-0.05, 0) is 35.7 Å². The molecular weight excluding hydrogens is 406 g/mol. The monoisotopic (exact) mass is 419 g/mol. The Morgan fingerprint density at radius 2 is 1.89 bits per heavy atom. The first-order valence-corrected chi connectivity index (χ1v) is 10.1. The summed E-state index contributed by atoms with van der Waals surface area (Å²) in [5, 5.41) is 12.8. The van der Waals surface area contributed by atoms with E-state index in [1.54, 1.807) is 17.5 Å². The fourth-order valence-electron chi connectivity index (χ4n) is 2.39. The van der Waals surface area contributed by atoms with E-state index in [0.29, 0.717) is 4.88 Å². The van der Waals surface area contributed by atoms with E-state index in [4.69, 9.17) is 4.18 Å². The lowest BCUT2D eigenvalue weighted by Gasteiger charge is -2.11. The molecular formula is C18H13NO7S2. The second kappa shape index (κ2) is 7.79. The van der Waals surface area contributed by atoms with Crippen molar-refractivity contribution in [2.45, 2.75) is 4.90 Å². The third-order valence-corrected chi connectivity index (χ3v) is 5.84. The summed E-state index contributed by atoms with van der Waals surface area (Å²) in [6.45, 7) is 0. The summed E-state index contributed by atoms with van der Waals surface area (Å²) >= 11 is 1.28. The molecule has 0 atom stereocenters. The molecule has 0 amide bonds. The topological polar surface area (TPSA) is 113 Å². The summed E-state index contributed by atoms with van der Waals surface area (Å²) in [6.07, 6.45) is 0.